The largest absolute Gasteiger partial charge is 0.478 e. The molecule has 39 heavy (non-hydrogen) atoms. The maximum Gasteiger partial charge on any atom is 0.343 e. The van der Waals surface area contributed by atoms with Crippen molar-refractivity contribution in [3.63, 3.8) is 0 Å². The number of ether oxygens (including phenoxy) is 2. The molecule has 6 N–H and O–H groups in total. The Balaban J connectivity index is 0.000000267. The van der Waals surface area contributed by atoms with E-state index in [-0.39, 0.29) is 30.1 Å². The van der Waals surface area contributed by atoms with Crippen molar-refractivity contribution in [2.45, 2.75) is 7.43 Å². The van der Waals surface area contributed by atoms with Gasteiger partial charge >= 0.3 is 23.9 Å². The van der Waals surface area contributed by atoms with Gasteiger partial charge in [-0.2, -0.15) is 0 Å². The van der Waals surface area contributed by atoms with Gasteiger partial charge in [0.05, 0.1) is 22.3 Å². The van der Waals surface area contributed by atoms with Crippen molar-refractivity contribution in [2.75, 3.05) is 11.5 Å². The van der Waals surface area contributed by atoms with Crippen LogP contribution >= 0.6 is 0 Å². The molecule has 0 aromatic heterocycles. The van der Waals surface area contributed by atoms with E-state index < -0.39 is 23.9 Å². The summed E-state index contributed by atoms with van der Waals surface area (Å²) in [6, 6.07) is 23.8. The molecule has 10 nitrogen and oxygen atoms in total. The minimum atomic E-state index is -1.03. The predicted molar refractivity (Wildman–Crippen MR) is 145 cm³/mol. The highest BCUT2D eigenvalue weighted by molar-refractivity contribution is 5.92. The van der Waals surface area contributed by atoms with Crippen LogP contribution in [0.5, 0.6) is 11.5 Å². The van der Waals surface area contributed by atoms with Crippen LogP contribution in [-0.2, 0) is 0 Å². The molecule has 10 heteroatoms. The second-order valence-corrected chi connectivity index (χ2v) is 7.68. The zero-order valence-corrected chi connectivity index (χ0v) is 19.7. The van der Waals surface area contributed by atoms with Crippen LogP contribution in [0.2, 0.25) is 0 Å². The molecule has 0 saturated carbocycles. The smallest absolute Gasteiger partial charge is 0.343 e. The molecule has 0 aliphatic rings. The first-order valence-electron chi connectivity index (χ1n) is 10.9. The molecule has 4 rings (SSSR count). The van der Waals surface area contributed by atoms with Gasteiger partial charge in [-0.1, -0.05) is 7.43 Å². The quantitative estimate of drug-likeness (QED) is 0.150. The summed E-state index contributed by atoms with van der Waals surface area (Å²) in [4.78, 5) is 44.9. The number of carbonyl (C=O) groups is 4. The fourth-order valence-electron chi connectivity index (χ4n) is 2.90. The molecule has 0 aliphatic carbocycles. The van der Waals surface area contributed by atoms with E-state index in [4.69, 9.17) is 31.2 Å². The first kappa shape index (κ1) is 29.6. The normalized spacial score (nSPS) is 9.64. The molecule has 4 aromatic rings. The highest BCUT2D eigenvalue weighted by Gasteiger charge is 2.10. The van der Waals surface area contributed by atoms with Gasteiger partial charge in [-0.3, -0.25) is 0 Å². The number of benzene rings is 4. The number of carboxylic acid groups (broad SMARTS) is 2. The van der Waals surface area contributed by atoms with Crippen molar-refractivity contribution in [3.05, 3.63) is 119 Å². The lowest BCUT2D eigenvalue weighted by molar-refractivity contribution is 0.0685. The fourth-order valence-corrected chi connectivity index (χ4v) is 2.90. The summed E-state index contributed by atoms with van der Waals surface area (Å²) >= 11 is 0. The molecule has 0 bridgehead atoms. The Bertz CT molecular complexity index is 1320. The summed E-state index contributed by atoms with van der Waals surface area (Å²) in [7, 11) is 0. The van der Waals surface area contributed by atoms with E-state index in [1.165, 1.54) is 48.5 Å². The molecule has 0 spiro atoms. The van der Waals surface area contributed by atoms with E-state index >= 15 is 0 Å². The van der Waals surface area contributed by atoms with E-state index in [1.54, 1.807) is 48.5 Å². The van der Waals surface area contributed by atoms with Crippen LogP contribution in [0.1, 0.15) is 48.9 Å². The van der Waals surface area contributed by atoms with Crippen molar-refractivity contribution in [2.24, 2.45) is 0 Å². The lowest BCUT2D eigenvalue weighted by atomic mass is 10.2. The van der Waals surface area contributed by atoms with Crippen LogP contribution in [0.25, 0.3) is 0 Å². The zero-order valence-electron chi connectivity index (χ0n) is 19.7. The van der Waals surface area contributed by atoms with E-state index in [0.29, 0.717) is 22.5 Å². The third kappa shape index (κ3) is 8.76. The molecule has 0 radical (unpaired) electrons. The van der Waals surface area contributed by atoms with E-state index in [1.807, 2.05) is 0 Å². The molecule has 0 saturated heterocycles. The molecule has 0 unspecified atom stereocenters. The lowest BCUT2D eigenvalue weighted by Gasteiger charge is -2.04. The van der Waals surface area contributed by atoms with Crippen LogP contribution in [0.15, 0.2) is 97.1 Å². The van der Waals surface area contributed by atoms with Crippen LogP contribution in [0.4, 0.5) is 11.4 Å². The number of nitrogen functional groups attached to an aromatic ring is 2. The third-order valence-electron chi connectivity index (χ3n) is 4.92. The Morgan fingerprint density at radius 3 is 0.974 bits per heavy atom. The number of anilines is 2. The maximum atomic E-state index is 11.8. The average molecular weight is 531 g/mol. The molecule has 0 aliphatic heterocycles. The summed E-state index contributed by atoms with van der Waals surface area (Å²) in [6.45, 7) is 0. The standard InChI is InChI=1S/2C14H11NO4.CH4/c2*15-11-5-1-10(2-6-11)14(18)19-12-7-3-9(4-8-12)13(16)17;/h2*1-8H,15H2,(H,16,17);1H4. The fraction of sp³-hybridized carbons (Fsp3) is 0.0345. The van der Waals surface area contributed by atoms with Crippen molar-refractivity contribution in [1.29, 1.82) is 0 Å². The van der Waals surface area contributed by atoms with Gasteiger partial charge in [0, 0.05) is 11.4 Å². The number of hydrogen-bond acceptors (Lipinski definition) is 8. The first-order chi connectivity index (χ1) is 18.1. The van der Waals surface area contributed by atoms with Crippen LogP contribution in [-0.4, -0.2) is 34.1 Å². The Morgan fingerprint density at radius 2 is 0.718 bits per heavy atom. The number of carbonyl (C=O) groups excluding carboxylic acids is 2. The highest BCUT2D eigenvalue weighted by Crippen LogP contribution is 2.16. The van der Waals surface area contributed by atoms with Crippen molar-refractivity contribution in [3.8, 4) is 11.5 Å². The SMILES string of the molecule is C.Nc1ccc(C(=O)Oc2ccc(C(=O)O)cc2)cc1.Nc1ccc(C(=O)Oc2ccc(C(=O)O)cc2)cc1. The molecule has 4 aromatic carbocycles. The minimum Gasteiger partial charge on any atom is -0.478 e. The highest BCUT2D eigenvalue weighted by atomic mass is 16.5. The molecule has 0 fully saturated rings. The summed E-state index contributed by atoms with van der Waals surface area (Å²) in [6.07, 6.45) is 0. The molecule has 0 amide bonds. The van der Waals surface area contributed by atoms with Gasteiger partial charge in [0.1, 0.15) is 11.5 Å². The number of aromatic carboxylic acids is 2. The van der Waals surface area contributed by atoms with Crippen LogP contribution in [0, 0.1) is 0 Å². The summed E-state index contributed by atoms with van der Waals surface area (Å²) < 4.78 is 10.2. The molecular formula is C29H26N2O8. The lowest BCUT2D eigenvalue weighted by Crippen LogP contribution is -2.08. The van der Waals surface area contributed by atoms with Gasteiger partial charge in [0.25, 0.3) is 0 Å². The number of esters is 2. The van der Waals surface area contributed by atoms with E-state index in [2.05, 4.69) is 0 Å². The van der Waals surface area contributed by atoms with Crippen LogP contribution < -0.4 is 20.9 Å². The average Bonchev–Trinajstić information content (AvgIpc) is 2.90. The second-order valence-electron chi connectivity index (χ2n) is 7.68. The monoisotopic (exact) mass is 530 g/mol. The number of hydrogen-bond donors (Lipinski definition) is 4. The maximum absolute atomic E-state index is 11.8. The van der Waals surface area contributed by atoms with Crippen LogP contribution in [0.3, 0.4) is 0 Å². The Hall–Kier alpha value is -5.64. The Kier molecular flexibility index (Phi) is 10.3. The predicted octanol–water partition coefficient (Wildman–Crippen LogP) is 5.01. The topological polar surface area (TPSA) is 179 Å². The summed E-state index contributed by atoms with van der Waals surface area (Å²) in [5.74, 6) is -2.54. The second kappa shape index (κ2) is 13.6. The Labute approximate surface area is 224 Å². The van der Waals surface area contributed by atoms with Gasteiger partial charge in [-0.05, 0) is 97.1 Å². The van der Waals surface area contributed by atoms with E-state index in [9.17, 15) is 19.2 Å². The van der Waals surface area contributed by atoms with Gasteiger partial charge in [0.2, 0.25) is 0 Å². The summed E-state index contributed by atoms with van der Waals surface area (Å²) in [5, 5.41) is 17.5. The first-order valence-corrected chi connectivity index (χ1v) is 10.9. The molecule has 0 atom stereocenters. The number of carboxylic acids is 2. The third-order valence-corrected chi connectivity index (χ3v) is 4.92. The van der Waals surface area contributed by atoms with Gasteiger partial charge < -0.3 is 31.2 Å². The number of nitrogens with two attached hydrogens (primary N) is 2. The minimum absolute atomic E-state index is 0. The van der Waals surface area contributed by atoms with Gasteiger partial charge in [-0.15, -0.1) is 0 Å². The number of rotatable bonds is 6. The van der Waals surface area contributed by atoms with Gasteiger partial charge in [0.15, 0.2) is 0 Å². The molecule has 0 heterocycles. The zero-order chi connectivity index (χ0) is 27.7. The van der Waals surface area contributed by atoms with Crippen molar-refractivity contribution < 1.29 is 38.9 Å². The Morgan fingerprint density at radius 1 is 0.462 bits per heavy atom. The van der Waals surface area contributed by atoms with E-state index in [0.717, 1.165) is 0 Å². The van der Waals surface area contributed by atoms with Crippen molar-refractivity contribution in [1.82, 2.24) is 0 Å². The molecular weight excluding hydrogens is 504 g/mol. The van der Waals surface area contributed by atoms with Gasteiger partial charge in [-0.25, -0.2) is 19.2 Å². The summed E-state index contributed by atoms with van der Waals surface area (Å²) in [5.41, 5.74) is 13.2. The molecule has 200 valence electrons. The van der Waals surface area contributed by atoms with Crippen molar-refractivity contribution >= 4 is 35.3 Å².